The third-order valence-corrected chi connectivity index (χ3v) is 15.1. The first-order chi connectivity index (χ1) is 20.5. The van der Waals surface area contributed by atoms with Crippen LogP contribution in [0.5, 0.6) is 0 Å². The zero-order chi connectivity index (χ0) is 30.0. The van der Waals surface area contributed by atoms with E-state index in [1.165, 1.54) is 12.0 Å². The van der Waals surface area contributed by atoms with E-state index in [0.29, 0.717) is 17.8 Å². The quantitative estimate of drug-likeness (QED) is 0.295. The number of cyclic esters (lactones) is 1. The van der Waals surface area contributed by atoms with E-state index in [1.54, 1.807) is 5.57 Å². The molecule has 5 heteroatoms. The van der Waals surface area contributed by atoms with E-state index in [4.69, 9.17) is 9.47 Å². The maximum atomic E-state index is 13.2. The van der Waals surface area contributed by atoms with Crippen molar-refractivity contribution >= 4 is 5.97 Å². The first-order valence-electron chi connectivity index (χ1n) is 17.1. The topological polar surface area (TPSA) is 76.0 Å². The molecule has 2 aliphatic heterocycles. The van der Waals surface area contributed by atoms with E-state index in [0.717, 1.165) is 63.5 Å². The molecule has 0 aromatic heterocycles. The molecule has 0 spiro atoms. The van der Waals surface area contributed by atoms with Crippen molar-refractivity contribution in [3.05, 3.63) is 59.2 Å². The molecular weight excluding hydrogens is 536 g/mol. The molecule has 232 valence electrons. The summed E-state index contributed by atoms with van der Waals surface area (Å²) in [4.78, 5) is 13.2. The summed E-state index contributed by atoms with van der Waals surface area (Å²) in [5.74, 6) is 1.11. The number of allylic oxidation sites excluding steroid dienone is 1. The Labute approximate surface area is 257 Å². The second-order valence-corrected chi connectivity index (χ2v) is 16.5. The number of fused-ring (bicyclic) bond motifs is 5. The fraction of sp³-hybridized carbons (Fsp3) is 0.711. The van der Waals surface area contributed by atoms with Crippen molar-refractivity contribution in [1.82, 2.24) is 0 Å². The van der Waals surface area contributed by atoms with Crippen LogP contribution in [0.4, 0.5) is 0 Å². The summed E-state index contributed by atoms with van der Waals surface area (Å²) in [5.41, 5.74) is 3.90. The second kappa shape index (κ2) is 9.30. The molecule has 12 atom stereocenters. The Morgan fingerprint density at radius 1 is 1.07 bits per heavy atom. The van der Waals surface area contributed by atoms with Crippen LogP contribution in [-0.4, -0.2) is 41.6 Å². The van der Waals surface area contributed by atoms with Crippen molar-refractivity contribution in [2.45, 2.75) is 104 Å². The zero-order valence-corrected chi connectivity index (χ0v) is 26.5. The minimum Gasteiger partial charge on any atom is -0.458 e. The van der Waals surface area contributed by atoms with E-state index in [2.05, 4.69) is 57.2 Å². The van der Waals surface area contributed by atoms with Gasteiger partial charge in [-0.15, -0.1) is 0 Å². The van der Waals surface area contributed by atoms with E-state index in [1.807, 2.05) is 13.0 Å². The first-order valence-corrected chi connectivity index (χ1v) is 17.1. The van der Waals surface area contributed by atoms with Gasteiger partial charge in [0.05, 0.1) is 31.3 Å². The fourth-order valence-corrected chi connectivity index (χ4v) is 13.1. The van der Waals surface area contributed by atoms with E-state index < -0.39 is 0 Å². The lowest BCUT2D eigenvalue weighted by Gasteiger charge is -2.68. The molecule has 0 radical (unpaired) electrons. The van der Waals surface area contributed by atoms with Gasteiger partial charge in [0.1, 0.15) is 6.10 Å². The monoisotopic (exact) mass is 586 g/mol. The Morgan fingerprint density at radius 2 is 1.86 bits per heavy atom. The minimum atomic E-state index is -0.335. The van der Waals surface area contributed by atoms with Gasteiger partial charge in [-0.05, 0) is 110 Å². The summed E-state index contributed by atoms with van der Waals surface area (Å²) in [6.45, 7) is 10.1. The lowest BCUT2D eigenvalue weighted by Crippen LogP contribution is -2.65. The molecule has 1 aromatic rings. The third kappa shape index (κ3) is 3.54. The van der Waals surface area contributed by atoms with Gasteiger partial charge in [0.15, 0.2) is 0 Å². The predicted octanol–water partition coefficient (Wildman–Crippen LogP) is 6.94. The molecule has 0 unspecified atom stereocenters. The highest BCUT2D eigenvalue weighted by atomic mass is 16.5. The number of hydrogen-bond donors (Lipinski definition) is 2. The fourth-order valence-electron chi connectivity index (χ4n) is 13.1. The average Bonchev–Trinajstić information content (AvgIpc) is 3.39. The van der Waals surface area contributed by atoms with Crippen LogP contribution in [0.1, 0.15) is 97.1 Å². The Kier molecular flexibility index (Phi) is 6.17. The highest BCUT2D eigenvalue weighted by molar-refractivity contribution is 5.76. The van der Waals surface area contributed by atoms with Gasteiger partial charge in [-0.3, -0.25) is 4.79 Å². The van der Waals surface area contributed by atoms with Gasteiger partial charge >= 0.3 is 5.97 Å². The number of carbonyl (C=O) groups excluding carboxylic acids is 1. The van der Waals surface area contributed by atoms with Crippen LogP contribution in [-0.2, 0) is 14.3 Å². The van der Waals surface area contributed by atoms with Gasteiger partial charge in [-0.25, -0.2) is 0 Å². The summed E-state index contributed by atoms with van der Waals surface area (Å²) >= 11 is 0. The normalized spacial score (nSPS) is 51.8. The molecule has 6 fully saturated rings. The van der Waals surface area contributed by atoms with Crippen molar-refractivity contribution in [1.29, 1.82) is 0 Å². The van der Waals surface area contributed by atoms with Crippen LogP contribution in [0.2, 0.25) is 0 Å². The minimum absolute atomic E-state index is 0.00203. The summed E-state index contributed by atoms with van der Waals surface area (Å²) in [6.07, 6.45) is 13.4. The van der Waals surface area contributed by atoms with Gasteiger partial charge in [0.2, 0.25) is 0 Å². The molecule has 5 nitrogen and oxygen atoms in total. The van der Waals surface area contributed by atoms with Gasteiger partial charge in [0, 0.05) is 17.3 Å². The number of carbonyl (C=O) groups is 1. The Balaban J connectivity index is 1.08. The third-order valence-electron chi connectivity index (χ3n) is 15.1. The van der Waals surface area contributed by atoms with Crippen LogP contribution < -0.4 is 0 Å². The highest BCUT2D eigenvalue weighted by Crippen LogP contribution is 2.91. The molecule has 8 rings (SSSR count). The molecule has 7 aliphatic rings. The number of ether oxygens (including phenoxy) is 2. The summed E-state index contributed by atoms with van der Waals surface area (Å²) in [6, 6.07) is 10.7. The number of aliphatic hydroxyl groups is 2. The number of aliphatic hydroxyl groups excluding tert-OH is 2. The number of hydrogen-bond acceptors (Lipinski definition) is 5. The van der Waals surface area contributed by atoms with Crippen LogP contribution in [0.15, 0.2) is 53.6 Å². The lowest BCUT2D eigenvalue weighted by atomic mass is 9.37. The largest absolute Gasteiger partial charge is 0.458 e. The summed E-state index contributed by atoms with van der Waals surface area (Å²) in [7, 11) is 0. The van der Waals surface area contributed by atoms with Gasteiger partial charge in [-0.2, -0.15) is 0 Å². The molecular formula is C38H50O5. The van der Waals surface area contributed by atoms with E-state index in [9.17, 15) is 15.0 Å². The van der Waals surface area contributed by atoms with Crippen LogP contribution in [0.3, 0.4) is 0 Å². The molecule has 1 aromatic carbocycles. The van der Waals surface area contributed by atoms with E-state index >= 15 is 0 Å². The summed E-state index contributed by atoms with van der Waals surface area (Å²) < 4.78 is 12.5. The summed E-state index contributed by atoms with van der Waals surface area (Å²) in [5, 5.41) is 21.9. The van der Waals surface area contributed by atoms with Gasteiger partial charge in [-0.1, -0.05) is 62.8 Å². The molecule has 43 heavy (non-hydrogen) atoms. The standard InChI is InChI=1S/C38H50O5/c1-23(20-39)16-26-18-27(33(41)43-26)28-11-15-38-21-37(28,38)14-12-30-34(2)13-10-25-17-29(24-8-6-5-7-9-24)42-22-35(25,3)31(34)19-32(40)36(30,38)4/h5-10,16,26-32,39-40H,11-15,17-22H2,1-4H3/b23-16-/t26-,27-,28-,29-,30+,31+,32+,34+,35-,36-,37+,38+/m0/s1. The van der Waals surface area contributed by atoms with Gasteiger partial charge < -0.3 is 19.7 Å². The molecule has 0 amide bonds. The molecule has 2 heterocycles. The molecule has 4 saturated carbocycles. The Hall–Kier alpha value is -1.95. The van der Waals surface area contributed by atoms with Crippen molar-refractivity contribution in [2.75, 3.05) is 13.2 Å². The first kappa shape index (κ1) is 28.5. The maximum Gasteiger partial charge on any atom is 0.309 e. The number of esters is 1. The van der Waals surface area contributed by atoms with Crippen molar-refractivity contribution in [3.63, 3.8) is 0 Å². The Bertz CT molecular complexity index is 1380. The van der Waals surface area contributed by atoms with Crippen molar-refractivity contribution in [2.24, 2.45) is 50.7 Å². The second-order valence-electron chi connectivity index (χ2n) is 16.5. The maximum absolute atomic E-state index is 13.2. The van der Waals surface area contributed by atoms with Crippen molar-refractivity contribution in [3.8, 4) is 0 Å². The zero-order valence-electron chi connectivity index (χ0n) is 26.5. The number of benzene rings is 1. The van der Waals surface area contributed by atoms with Crippen LogP contribution >= 0.6 is 0 Å². The average molecular weight is 587 g/mol. The predicted molar refractivity (Wildman–Crippen MR) is 165 cm³/mol. The molecule has 5 aliphatic carbocycles. The number of rotatable bonds is 4. The SMILES string of the molecule is C/C(=C/[C@H]1C[C@@H]([C@@H]2CC[C@]34C[C@]23CC[C@@H]2[C@@]3(C)CC=C5C[C@@H](c6ccccc6)OC[C@]5(C)[C@@H]3C[C@@H](O)[C@]24C)C(=O)O1)CO. The van der Waals surface area contributed by atoms with Crippen LogP contribution in [0.25, 0.3) is 0 Å². The smallest absolute Gasteiger partial charge is 0.309 e. The van der Waals surface area contributed by atoms with Crippen molar-refractivity contribution < 1.29 is 24.5 Å². The van der Waals surface area contributed by atoms with Gasteiger partial charge in [0.25, 0.3) is 0 Å². The van der Waals surface area contributed by atoms with E-state index in [-0.39, 0.29) is 63.9 Å². The molecule has 2 saturated heterocycles. The van der Waals surface area contributed by atoms with Crippen LogP contribution in [0, 0.1) is 50.7 Å². The Morgan fingerprint density at radius 3 is 2.63 bits per heavy atom. The molecule has 0 bridgehead atoms. The highest BCUT2D eigenvalue weighted by Gasteiger charge is 2.85. The lowest BCUT2D eigenvalue weighted by molar-refractivity contribution is -0.225. The molecule has 2 N–H and O–H groups in total.